The van der Waals surface area contributed by atoms with Crippen molar-refractivity contribution in [2.75, 3.05) is 0 Å². The Morgan fingerprint density at radius 3 is 1.26 bits per heavy atom. The molecule has 0 aliphatic rings. The topological polar surface area (TPSA) is 64.5 Å². The zero-order chi connectivity index (χ0) is 50.3. The SMILES string of the molecule is Cc1ccc(-c2[c-]cccc2)nc1.Cc1ccc(C)c(-c2cc[c-]c(-c3ccccn3)c2)c1.Cc1cccnc1-c1[c-]cccc1.Cc1cnc(-c2[c-]cccc2)cc1C.[Ir].[Ir].[Ir].[Ir].[Ir].[c-]1ccccc1-c1ccccn1. The van der Waals surface area contributed by atoms with E-state index in [0.29, 0.717) is 0 Å². The summed E-state index contributed by atoms with van der Waals surface area (Å²) in [4.78, 5) is 21.6. The summed E-state index contributed by atoms with van der Waals surface area (Å²) in [5, 5.41) is 0. The standard InChI is InChI=1S/C19H16N.C13H12N.2C12H10N.C11H8N.5Ir/c1-14-9-10-15(2)18(12-14)16-6-5-7-17(13-16)19-8-3-4-11-20-19;1-10-8-13(14-9-11(10)2)12-6-4-3-5-7-12;1-10-6-5-9-13-12(10)11-7-3-2-4-8-11;1-10-7-8-12(13-9-10)11-5-3-2-4-6-11;1-2-6-10(7-3-1)11-8-4-5-9-12-11;;;;;/h3-6,8-13H,1-2H3;3-6,8-9H,1-2H3;2-7,9H,1H3;2-5,7-9H,1H3;1-6,8-9H;;;;;/q5*-1;;;;;. The van der Waals surface area contributed by atoms with Crippen molar-refractivity contribution in [1.29, 1.82) is 0 Å². The van der Waals surface area contributed by atoms with Gasteiger partial charge in [0.15, 0.2) is 0 Å². The summed E-state index contributed by atoms with van der Waals surface area (Å²) >= 11 is 0. The molecule has 6 aromatic carbocycles. The molecule has 5 aromatic heterocycles. The molecular formula is C67H56Ir5N5-5. The van der Waals surface area contributed by atoms with Crippen LogP contribution in [0, 0.1) is 71.9 Å². The van der Waals surface area contributed by atoms with E-state index in [-0.39, 0.29) is 101 Å². The third-order valence-electron chi connectivity index (χ3n) is 11.3. The van der Waals surface area contributed by atoms with E-state index in [1.807, 2.05) is 183 Å². The van der Waals surface area contributed by atoms with Crippen LogP contribution < -0.4 is 0 Å². The molecule has 0 fully saturated rings. The summed E-state index contributed by atoms with van der Waals surface area (Å²) in [7, 11) is 0. The molecule has 0 spiro atoms. The summed E-state index contributed by atoms with van der Waals surface area (Å²) in [6.45, 7) is 12.5. The van der Waals surface area contributed by atoms with Crippen LogP contribution in [0.1, 0.15) is 33.4 Å². The Kier molecular flexibility index (Phi) is 31.9. The van der Waals surface area contributed by atoms with Crippen molar-refractivity contribution >= 4 is 0 Å². The third-order valence-corrected chi connectivity index (χ3v) is 11.3. The fraction of sp³-hybridized carbons (Fsp3) is 0.0896. The maximum atomic E-state index is 4.39. The number of rotatable bonds is 6. The monoisotopic (exact) mass is 1900 g/mol. The van der Waals surface area contributed by atoms with E-state index in [9.17, 15) is 0 Å². The largest absolute Gasteiger partial charge is 0.305 e. The van der Waals surface area contributed by atoms with E-state index in [2.05, 4.69) is 138 Å². The van der Waals surface area contributed by atoms with Gasteiger partial charge in [0, 0.05) is 132 Å². The van der Waals surface area contributed by atoms with Crippen molar-refractivity contribution in [2.45, 2.75) is 41.5 Å². The molecule has 5 radical (unpaired) electrons. The number of benzene rings is 6. The minimum Gasteiger partial charge on any atom is -0.305 e. The Balaban J connectivity index is 0.000000328. The summed E-state index contributed by atoms with van der Waals surface area (Å²) in [6.07, 6.45) is 9.19. The molecule has 0 saturated carbocycles. The quantitative estimate of drug-likeness (QED) is 0.155. The van der Waals surface area contributed by atoms with Gasteiger partial charge in [-0.2, -0.15) is 0 Å². The smallest absolute Gasteiger partial charge is 0.0192 e. The van der Waals surface area contributed by atoms with Gasteiger partial charge < -0.3 is 24.9 Å². The van der Waals surface area contributed by atoms with Crippen LogP contribution in [0.15, 0.2) is 231 Å². The van der Waals surface area contributed by atoms with Gasteiger partial charge in [-0.05, 0) is 110 Å². The second-order valence-corrected chi connectivity index (χ2v) is 16.9. The Morgan fingerprint density at radius 1 is 0.286 bits per heavy atom. The molecule has 0 unspecified atom stereocenters. The first-order valence-electron chi connectivity index (χ1n) is 23.8. The summed E-state index contributed by atoms with van der Waals surface area (Å²) < 4.78 is 0. The first-order valence-corrected chi connectivity index (χ1v) is 23.8. The van der Waals surface area contributed by atoms with Gasteiger partial charge in [-0.3, -0.25) is 0 Å². The average Bonchev–Trinajstić information content (AvgIpc) is 3.45. The first-order chi connectivity index (χ1) is 35.2. The number of hydrogen-bond donors (Lipinski definition) is 0. The Morgan fingerprint density at radius 2 is 0.766 bits per heavy atom. The fourth-order valence-corrected chi connectivity index (χ4v) is 7.24. The van der Waals surface area contributed by atoms with E-state index in [4.69, 9.17) is 0 Å². The number of pyridine rings is 5. The minimum atomic E-state index is 0. The molecule has 77 heavy (non-hydrogen) atoms. The van der Waals surface area contributed by atoms with Gasteiger partial charge in [0.05, 0.1) is 0 Å². The van der Waals surface area contributed by atoms with Gasteiger partial charge in [0.1, 0.15) is 0 Å². The Hall–Kier alpha value is -5.68. The van der Waals surface area contributed by atoms with Gasteiger partial charge in [-0.25, -0.2) is 0 Å². The van der Waals surface area contributed by atoms with Crippen LogP contribution in [0.25, 0.3) is 67.4 Å². The fourth-order valence-electron chi connectivity index (χ4n) is 7.24. The maximum Gasteiger partial charge on any atom is 0.0192 e. The van der Waals surface area contributed by atoms with Gasteiger partial charge in [-0.15, -0.1) is 179 Å². The molecule has 0 saturated heterocycles. The van der Waals surface area contributed by atoms with E-state index in [1.165, 1.54) is 44.5 Å². The molecule has 0 aliphatic heterocycles. The van der Waals surface area contributed by atoms with Gasteiger partial charge in [-0.1, -0.05) is 83.4 Å². The second-order valence-electron chi connectivity index (χ2n) is 16.9. The van der Waals surface area contributed by atoms with Crippen LogP contribution in [0.4, 0.5) is 0 Å². The van der Waals surface area contributed by atoms with Gasteiger partial charge in [0.2, 0.25) is 0 Å². The van der Waals surface area contributed by atoms with Crippen molar-refractivity contribution in [2.24, 2.45) is 0 Å². The van der Waals surface area contributed by atoms with Crippen LogP contribution in [0.2, 0.25) is 0 Å². The average molecular weight is 1890 g/mol. The van der Waals surface area contributed by atoms with Crippen LogP contribution in [0.5, 0.6) is 0 Å². The zero-order valence-corrected chi connectivity index (χ0v) is 55.3. The van der Waals surface area contributed by atoms with Crippen molar-refractivity contribution in [1.82, 2.24) is 24.9 Å². The van der Waals surface area contributed by atoms with Crippen LogP contribution >= 0.6 is 0 Å². The summed E-state index contributed by atoms with van der Waals surface area (Å²) in [6, 6.07) is 82.1. The molecule has 5 heterocycles. The number of aryl methyl sites for hydroxylation is 6. The van der Waals surface area contributed by atoms with Crippen molar-refractivity contribution in [3.63, 3.8) is 0 Å². The number of nitrogens with zero attached hydrogens (tertiary/aromatic N) is 5. The molecule has 10 heteroatoms. The molecule has 0 N–H and O–H groups in total. The van der Waals surface area contributed by atoms with E-state index >= 15 is 0 Å². The van der Waals surface area contributed by atoms with Crippen LogP contribution in [-0.2, 0) is 101 Å². The van der Waals surface area contributed by atoms with Crippen LogP contribution in [-0.4, -0.2) is 24.9 Å². The van der Waals surface area contributed by atoms with E-state index in [0.717, 1.165) is 56.3 Å². The normalized spacial score (nSPS) is 9.43. The number of hydrogen-bond acceptors (Lipinski definition) is 5. The number of aromatic nitrogens is 5. The molecule has 399 valence electrons. The zero-order valence-electron chi connectivity index (χ0n) is 43.3. The molecule has 11 aromatic rings. The predicted molar refractivity (Wildman–Crippen MR) is 296 cm³/mol. The summed E-state index contributed by atoms with van der Waals surface area (Å²) in [5.74, 6) is 0. The Labute approximate surface area is 524 Å². The minimum absolute atomic E-state index is 0. The first kappa shape index (κ1) is 67.4. The van der Waals surface area contributed by atoms with Crippen molar-refractivity contribution in [3.8, 4) is 67.4 Å². The third kappa shape index (κ3) is 21.6. The Bertz CT molecular complexity index is 3300. The predicted octanol–water partition coefficient (Wildman–Crippen LogP) is 16.2. The van der Waals surface area contributed by atoms with E-state index in [1.54, 1.807) is 6.20 Å². The van der Waals surface area contributed by atoms with Gasteiger partial charge >= 0.3 is 0 Å². The molecular weight excluding hydrogens is 1840 g/mol. The summed E-state index contributed by atoms with van der Waals surface area (Å²) in [5.41, 5.74) is 20.1. The maximum absolute atomic E-state index is 4.39. The molecule has 5 nitrogen and oxygen atoms in total. The van der Waals surface area contributed by atoms with Crippen molar-refractivity contribution in [3.05, 3.63) is 295 Å². The van der Waals surface area contributed by atoms with Crippen LogP contribution in [0.3, 0.4) is 0 Å². The second kappa shape index (κ2) is 36.4. The molecule has 0 bridgehead atoms. The van der Waals surface area contributed by atoms with Gasteiger partial charge in [0.25, 0.3) is 0 Å². The molecule has 0 amide bonds. The molecule has 0 aliphatic carbocycles. The van der Waals surface area contributed by atoms with E-state index < -0.39 is 0 Å². The molecule has 0 atom stereocenters. The van der Waals surface area contributed by atoms with Crippen molar-refractivity contribution < 1.29 is 101 Å². The molecule has 11 rings (SSSR count).